The summed E-state index contributed by atoms with van der Waals surface area (Å²) < 4.78 is 0. The number of hydrogen-bond acceptors (Lipinski definition) is 7. The molecule has 0 spiro atoms. The van der Waals surface area contributed by atoms with Crippen LogP contribution in [-0.4, -0.2) is 69.9 Å². The fraction of sp³-hybridized carbons (Fsp3) is 0.667. The second-order valence-electron chi connectivity index (χ2n) is 11.7. The van der Waals surface area contributed by atoms with Gasteiger partial charge < -0.3 is 20.6 Å². The number of aromatic nitrogens is 2. The summed E-state index contributed by atoms with van der Waals surface area (Å²) in [5.41, 5.74) is 3.95. The van der Waals surface area contributed by atoms with Crippen LogP contribution in [0.25, 0.3) is 0 Å². The van der Waals surface area contributed by atoms with Crippen LogP contribution in [0.1, 0.15) is 88.8 Å². The maximum absolute atomic E-state index is 10.2. The smallest absolute Gasteiger partial charge is 0.224 e. The van der Waals surface area contributed by atoms with Crippen LogP contribution in [-0.2, 0) is 6.54 Å². The van der Waals surface area contributed by atoms with Gasteiger partial charge in [-0.25, -0.2) is 4.98 Å². The number of hydrogen-bond donors (Lipinski definition) is 3. The van der Waals surface area contributed by atoms with E-state index in [1.807, 2.05) is 0 Å². The molecule has 2 aromatic rings. The molecule has 0 radical (unpaired) electrons. The van der Waals surface area contributed by atoms with Crippen LogP contribution in [0.3, 0.4) is 0 Å². The van der Waals surface area contributed by atoms with E-state index >= 15 is 0 Å². The van der Waals surface area contributed by atoms with E-state index in [1.165, 1.54) is 16.7 Å². The van der Waals surface area contributed by atoms with Crippen molar-refractivity contribution in [3.05, 3.63) is 47.2 Å². The summed E-state index contributed by atoms with van der Waals surface area (Å²) in [7, 11) is 0. The fourth-order valence-electron chi connectivity index (χ4n) is 6.70. The number of nitrogens with zero attached hydrogens (tertiary/aromatic N) is 4. The second kappa shape index (κ2) is 11.7. The summed E-state index contributed by atoms with van der Waals surface area (Å²) in [5, 5.41) is 17.2. The molecule has 1 saturated heterocycles. The van der Waals surface area contributed by atoms with Crippen LogP contribution >= 0.6 is 0 Å². The molecule has 5 rings (SSSR count). The normalized spacial score (nSPS) is 29.2. The van der Waals surface area contributed by atoms with Gasteiger partial charge in [0.2, 0.25) is 5.95 Å². The molecule has 3 N–H and O–H groups in total. The molecular formula is C30H46N6O. The molecule has 3 heterocycles. The first-order chi connectivity index (χ1) is 17.9. The fourth-order valence-corrected chi connectivity index (χ4v) is 6.70. The average Bonchev–Trinajstić information content (AvgIpc) is 3.17. The van der Waals surface area contributed by atoms with Crippen molar-refractivity contribution in [2.45, 2.75) is 109 Å². The lowest BCUT2D eigenvalue weighted by molar-refractivity contribution is 0.120. The minimum atomic E-state index is -0.159. The molecule has 4 unspecified atom stereocenters. The lowest BCUT2D eigenvalue weighted by Gasteiger charge is -2.38. The Morgan fingerprint density at radius 3 is 2.59 bits per heavy atom. The number of benzene rings is 1. The van der Waals surface area contributed by atoms with E-state index in [4.69, 9.17) is 9.97 Å². The van der Waals surface area contributed by atoms with Gasteiger partial charge in [-0.1, -0.05) is 37.6 Å². The summed E-state index contributed by atoms with van der Waals surface area (Å²) in [6, 6.07) is 10.9. The van der Waals surface area contributed by atoms with E-state index in [1.54, 1.807) is 0 Å². The molecule has 3 aliphatic rings. The lowest BCUT2D eigenvalue weighted by atomic mass is 9.87. The van der Waals surface area contributed by atoms with Gasteiger partial charge in [0.05, 0.1) is 6.10 Å². The molecule has 7 nitrogen and oxygen atoms in total. The highest BCUT2D eigenvalue weighted by Crippen LogP contribution is 2.46. The van der Waals surface area contributed by atoms with E-state index in [0.29, 0.717) is 24.2 Å². The summed E-state index contributed by atoms with van der Waals surface area (Å²) in [6.07, 6.45) is 7.91. The van der Waals surface area contributed by atoms with E-state index < -0.39 is 0 Å². The third-order valence-electron chi connectivity index (χ3n) is 8.82. The Morgan fingerprint density at radius 2 is 1.89 bits per heavy atom. The molecule has 1 aromatic heterocycles. The van der Waals surface area contributed by atoms with Gasteiger partial charge in [-0.15, -0.1) is 0 Å². The number of aliphatic hydroxyl groups excluding tert-OH is 1. The molecule has 0 amide bonds. The Morgan fingerprint density at radius 1 is 1.14 bits per heavy atom. The highest BCUT2D eigenvalue weighted by atomic mass is 16.3. The molecule has 7 heteroatoms. The molecule has 1 aromatic carbocycles. The van der Waals surface area contributed by atoms with E-state index in [9.17, 15) is 5.11 Å². The van der Waals surface area contributed by atoms with Crippen LogP contribution in [0.15, 0.2) is 30.5 Å². The molecule has 2 aliphatic heterocycles. The zero-order valence-electron chi connectivity index (χ0n) is 23.2. The first kappa shape index (κ1) is 26.4. The van der Waals surface area contributed by atoms with Crippen LogP contribution < -0.4 is 15.5 Å². The topological polar surface area (TPSA) is 76.5 Å². The standard InChI is InChI=1S/C30H46N6O/c1-5-6-20(2)33-30-32-18-27-28(22(4)36(29(27)34-30)25-11-13-26(37)14-12-25)24-9-7-23(8-10-24)19-35-16-15-31-17-21(35)3/h7-10,18,20-22,25-26,28,31,37H,5-6,11-17,19H2,1-4H3,(H,32,33,34). The Balaban J connectivity index is 1.41. The monoisotopic (exact) mass is 506 g/mol. The van der Waals surface area contributed by atoms with E-state index in [2.05, 4.69) is 78.6 Å². The van der Waals surface area contributed by atoms with Gasteiger partial charge in [0.1, 0.15) is 5.82 Å². The molecule has 1 saturated carbocycles. The van der Waals surface area contributed by atoms with Crippen molar-refractivity contribution in [1.29, 1.82) is 0 Å². The minimum absolute atomic E-state index is 0.159. The van der Waals surface area contributed by atoms with Gasteiger partial charge in [0, 0.05) is 68.0 Å². The maximum Gasteiger partial charge on any atom is 0.224 e. The van der Waals surface area contributed by atoms with Gasteiger partial charge in [-0.05, 0) is 64.0 Å². The molecule has 37 heavy (non-hydrogen) atoms. The SMILES string of the molecule is CCCC(C)Nc1ncc2c(n1)N(C1CCC(O)CC1)C(C)C2c1ccc(CN2CCNCC2C)cc1. The van der Waals surface area contributed by atoms with Crippen molar-refractivity contribution in [3.8, 4) is 0 Å². The Bertz CT molecular complexity index is 1020. The van der Waals surface area contributed by atoms with Crippen molar-refractivity contribution >= 4 is 11.8 Å². The predicted molar refractivity (Wildman–Crippen MR) is 151 cm³/mol. The number of aliphatic hydroxyl groups is 1. The lowest BCUT2D eigenvalue weighted by Crippen LogP contribution is -2.49. The highest BCUT2D eigenvalue weighted by Gasteiger charge is 2.42. The molecule has 0 bridgehead atoms. The predicted octanol–water partition coefficient (Wildman–Crippen LogP) is 4.51. The zero-order chi connectivity index (χ0) is 25.9. The maximum atomic E-state index is 10.2. The number of piperazine rings is 1. The number of nitrogens with one attached hydrogen (secondary N) is 2. The van der Waals surface area contributed by atoms with Crippen LogP contribution in [0, 0.1) is 0 Å². The van der Waals surface area contributed by atoms with Crippen LogP contribution in [0.5, 0.6) is 0 Å². The highest BCUT2D eigenvalue weighted by molar-refractivity contribution is 5.62. The van der Waals surface area contributed by atoms with Crippen molar-refractivity contribution < 1.29 is 5.11 Å². The first-order valence-corrected chi connectivity index (χ1v) is 14.6. The minimum Gasteiger partial charge on any atom is -0.393 e. The Kier molecular flexibility index (Phi) is 8.32. The molecule has 1 aliphatic carbocycles. The van der Waals surface area contributed by atoms with Crippen LogP contribution in [0.2, 0.25) is 0 Å². The largest absolute Gasteiger partial charge is 0.393 e. The van der Waals surface area contributed by atoms with Crippen molar-refractivity contribution in [2.75, 3.05) is 29.9 Å². The van der Waals surface area contributed by atoms with Crippen LogP contribution in [0.4, 0.5) is 11.8 Å². The van der Waals surface area contributed by atoms with Crippen molar-refractivity contribution in [1.82, 2.24) is 20.2 Å². The summed E-state index contributed by atoms with van der Waals surface area (Å²) in [6.45, 7) is 13.3. The summed E-state index contributed by atoms with van der Waals surface area (Å²) in [4.78, 5) is 15.0. The molecule has 202 valence electrons. The third kappa shape index (κ3) is 5.79. The zero-order valence-corrected chi connectivity index (χ0v) is 23.2. The summed E-state index contributed by atoms with van der Waals surface area (Å²) >= 11 is 0. The molecular weight excluding hydrogens is 460 g/mol. The van der Waals surface area contributed by atoms with E-state index in [-0.39, 0.29) is 12.0 Å². The molecule has 2 fully saturated rings. The van der Waals surface area contributed by atoms with Crippen molar-refractivity contribution in [2.24, 2.45) is 0 Å². The summed E-state index contributed by atoms with van der Waals surface area (Å²) in [5.74, 6) is 2.06. The second-order valence-corrected chi connectivity index (χ2v) is 11.7. The van der Waals surface area contributed by atoms with Gasteiger partial charge in [-0.3, -0.25) is 4.90 Å². The number of rotatable bonds is 8. The first-order valence-electron chi connectivity index (χ1n) is 14.6. The van der Waals surface area contributed by atoms with Crippen molar-refractivity contribution in [3.63, 3.8) is 0 Å². The van der Waals surface area contributed by atoms with Gasteiger partial charge in [-0.2, -0.15) is 4.98 Å². The third-order valence-corrected chi connectivity index (χ3v) is 8.82. The average molecular weight is 507 g/mol. The number of anilines is 2. The Hall–Kier alpha value is -2.22. The molecule has 4 atom stereocenters. The van der Waals surface area contributed by atoms with E-state index in [0.717, 1.165) is 76.5 Å². The quantitative estimate of drug-likeness (QED) is 0.486. The van der Waals surface area contributed by atoms with Gasteiger partial charge in [0.25, 0.3) is 0 Å². The Labute approximate surface area is 223 Å². The van der Waals surface area contributed by atoms with Gasteiger partial charge >= 0.3 is 0 Å². The van der Waals surface area contributed by atoms with Gasteiger partial charge in [0.15, 0.2) is 0 Å². The number of fused-ring (bicyclic) bond motifs is 1.